The van der Waals surface area contributed by atoms with Crippen molar-refractivity contribution >= 4 is 18.6 Å². The summed E-state index contributed by atoms with van der Waals surface area (Å²) in [4.78, 5) is 11.0. The van der Waals surface area contributed by atoms with Gasteiger partial charge in [-0.3, -0.25) is 0 Å². The Morgan fingerprint density at radius 2 is 1.48 bits per heavy atom. The number of hydrogen-bond acceptors (Lipinski definition) is 4. The lowest BCUT2D eigenvalue weighted by molar-refractivity contribution is 0.00578. The Hall–Kier alpha value is -2.31. The van der Waals surface area contributed by atoms with Crippen LogP contribution in [0.4, 0.5) is 0 Å². The molecule has 1 heterocycles. The number of phenolic OH excluding ortho intramolecular Hbond substituents is 1. The van der Waals surface area contributed by atoms with Crippen LogP contribution >= 0.6 is 0 Å². The van der Waals surface area contributed by atoms with Crippen LogP contribution in [0.3, 0.4) is 0 Å². The zero-order valence-electron chi connectivity index (χ0n) is 14.7. The van der Waals surface area contributed by atoms with Gasteiger partial charge in [-0.2, -0.15) is 0 Å². The zero-order chi connectivity index (χ0) is 18.4. The third kappa shape index (κ3) is 3.27. The number of carboxylic acid groups (broad SMARTS) is 1. The minimum atomic E-state index is -0.972. The third-order valence-electron chi connectivity index (χ3n) is 4.93. The van der Waals surface area contributed by atoms with Crippen LogP contribution in [-0.4, -0.2) is 34.5 Å². The fourth-order valence-electron chi connectivity index (χ4n) is 2.72. The molecule has 3 rings (SSSR count). The molecule has 0 amide bonds. The van der Waals surface area contributed by atoms with E-state index >= 15 is 0 Å². The monoisotopic (exact) mass is 340 g/mol. The molecule has 5 nitrogen and oxygen atoms in total. The van der Waals surface area contributed by atoms with Crippen molar-refractivity contribution in [2.24, 2.45) is 0 Å². The molecule has 6 heteroatoms. The number of benzene rings is 2. The molecule has 0 aliphatic carbocycles. The van der Waals surface area contributed by atoms with Gasteiger partial charge in [0.1, 0.15) is 5.75 Å². The molecule has 1 saturated heterocycles. The molecule has 1 aliphatic rings. The Kier molecular flexibility index (Phi) is 4.13. The van der Waals surface area contributed by atoms with Crippen LogP contribution in [0, 0.1) is 0 Å². The number of aromatic hydroxyl groups is 1. The largest absolute Gasteiger partial charge is 0.508 e. The van der Waals surface area contributed by atoms with Crippen LogP contribution < -0.4 is 5.46 Å². The average molecular weight is 340 g/mol. The first-order valence-electron chi connectivity index (χ1n) is 8.12. The van der Waals surface area contributed by atoms with Gasteiger partial charge in [-0.1, -0.05) is 18.2 Å². The van der Waals surface area contributed by atoms with Crippen molar-refractivity contribution in [1.82, 2.24) is 0 Å². The number of aromatic carboxylic acids is 1. The Balaban J connectivity index is 1.95. The minimum Gasteiger partial charge on any atom is -0.508 e. The van der Waals surface area contributed by atoms with Crippen molar-refractivity contribution in [3.63, 3.8) is 0 Å². The lowest BCUT2D eigenvalue weighted by atomic mass is 9.77. The van der Waals surface area contributed by atoms with E-state index < -0.39 is 24.3 Å². The molecule has 0 spiro atoms. The van der Waals surface area contributed by atoms with Gasteiger partial charge in [0.05, 0.1) is 16.8 Å². The van der Waals surface area contributed by atoms with Crippen molar-refractivity contribution in [3.8, 4) is 16.9 Å². The van der Waals surface area contributed by atoms with Gasteiger partial charge in [-0.05, 0) is 68.6 Å². The van der Waals surface area contributed by atoms with E-state index in [1.165, 1.54) is 12.1 Å². The Morgan fingerprint density at radius 3 is 2.00 bits per heavy atom. The molecule has 1 aliphatic heterocycles. The first-order chi connectivity index (χ1) is 11.6. The maximum absolute atomic E-state index is 11.0. The van der Waals surface area contributed by atoms with Crippen molar-refractivity contribution in [3.05, 3.63) is 48.0 Å². The van der Waals surface area contributed by atoms with Crippen LogP contribution in [0.15, 0.2) is 42.5 Å². The maximum Gasteiger partial charge on any atom is 0.494 e. The summed E-state index contributed by atoms with van der Waals surface area (Å²) in [7, 11) is -0.575. The fourth-order valence-corrected chi connectivity index (χ4v) is 2.72. The molecule has 130 valence electrons. The number of rotatable bonds is 3. The normalized spacial score (nSPS) is 18.3. The summed E-state index contributed by atoms with van der Waals surface area (Å²) >= 11 is 0. The molecule has 0 aromatic heterocycles. The molecule has 2 N–H and O–H groups in total. The summed E-state index contributed by atoms with van der Waals surface area (Å²) in [5.74, 6) is -0.870. The van der Waals surface area contributed by atoms with Gasteiger partial charge in [0.2, 0.25) is 0 Å². The lowest BCUT2D eigenvalue weighted by Crippen LogP contribution is -2.41. The van der Waals surface area contributed by atoms with E-state index in [4.69, 9.17) is 14.4 Å². The molecular formula is C19H21BO5. The lowest BCUT2D eigenvalue weighted by Gasteiger charge is -2.32. The number of hydrogen-bond donors (Lipinski definition) is 2. The summed E-state index contributed by atoms with van der Waals surface area (Å²) in [5.41, 5.74) is 1.57. The molecule has 0 unspecified atom stereocenters. The Labute approximate surface area is 147 Å². The second-order valence-electron chi connectivity index (χ2n) is 7.28. The molecule has 0 atom stereocenters. The van der Waals surface area contributed by atoms with Crippen molar-refractivity contribution < 1.29 is 24.3 Å². The quantitative estimate of drug-likeness (QED) is 0.840. The molecule has 2 aromatic rings. The van der Waals surface area contributed by atoms with Crippen LogP contribution in [-0.2, 0) is 9.31 Å². The standard InChI is InChI=1S/C19H21BO5/c1-18(2)19(3,4)25-20(24-18)15-9-14(10-16(21)11-15)12-5-7-13(8-6-12)17(22)23/h5-11,21H,1-4H3,(H,22,23). The van der Waals surface area contributed by atoms with Gasteiger partial charge >= 0.3 is 13.1 Å². The molecular weight excluding hydrogens is 319 g/mol. The van der Waals surface area contributed by atoms with E-state index in [-0.39, 0.29) is 11.3 Å². The van der Waals surface area contributed by atoms with Gasteiger partial charge in [0, 0.05) is 0 Å². The van der Waals surface area contributed by atoms with Crippen LogP contribution in [0.2, 0.25) is 0 Å². The maximum atomic E-state index is 11.0. The number of phenols is 1. The van der Waals surface area contributed by atoms with Crippen LogP contribution in [0.5, 0.6) is 5.75 Å². The number of carbonyl (C=O) groups is 1. The zero-order valence-corrected chi connectivity index (χ0v) is 14.7. The second-order valence-corrected chi connectivity index (χ2v) is 7.28. The predicted molar refractivity (Wildman–Crippen MR) is 96.2 cm³/mol. The SMILES string of the molecule is CC1(C)OB(c2cc(O)cc(-c3ccc(C(=O)O)cc3)c2)OC1(C)C. The molecule has 25 heavy (non-hydrogen) atoms. The Bertz CT molecular complexity index is 795. The minimum absolute atomic E-state index is 0.101. The van der Waals surface area contributed by atoms with Gasteiger partial charge in [-0.15, -0.1) is 0 Å². The summed E-state index contributed by atoms with van der Waals surface area (Å²) in [6.07, 6.45) is 0. The topological polar surface area (TPSA) is 76.0 Å². The van der Waals surface area contributed by atoms with E-state index in [0.29, 0.717) is 0 Å². The average Bonchev–Trinajstić information content (AvgIpc) is 2.75. The highest BCUT2D eigenvalue weighted by Crippen LogP contribution is 2.37. The summed E-state index contributed by atoms with van der Waals surface area (Å²) in [6, 6.07) is 11.6. The third-order valence-corrected chi connectivity index (χ3v) is 4.93. The Morgan fingerprint density at radius 1 is 0.920 bits per heavy atom. The number of carboxylic acids is 1. The molecule has 0 saturated carbocycles. The van der Waals surface area contributed by atoms with Crippen molar-refractivity contribution in [2.45, 2.75) is 38.9 Å². The van der Waals surface area contributed by atoms with E-state index in [1.54, 1.807) is 24.3 Å². The van der Waals surface area contributed by atoms with E-state index in [9.17, 15) is 9.90 Å². The fraction of sp³-hybridized carbons (Fsp3) is 0.316. The van der Waals surface area contributed by atoms with E-state index in [1.807, 2.05) is 33.8 Å². The van der Waals surface area contributed by atoms with Gasteiger partial charge in [0.15, 0.2) is 0 Å². The highest BCUT2D eigenvalue weighted by molar-refractivity contribution is 6.62. The van der Waals surface area contributed by atoms with Crippen LogP contribution in [0.25, 0.3) is 11.1 Å². The first-order valence-corrected chi connectivity index (χ1v) is 8.12. The molecule has 0 bridgehead atoms. The summed E-state index contributed by atoms with van der Waals surface area (Å²) in [5, 5.41) is 19.1. The molecule has 0 radical (unpaired) electrons. The van der Waals surface area contributed by atoms with E-state index in [2.05, 4.69) is 0 Å². The predicted octanol–water partition coefficient (Wildman–Crippen LogP) is 3.06. The highest BCUT2D eigenvalue weighted by atomic mass is 16.7. The van der Waals surface area contributed by atoms with Gasteiger partial charge in [-0.25, -0.2) is 4.79 Å². The van der Waals surface area contributed by atoms with E-state index in [0.717, 1.165) is 16.6 Å². The first kappa shape index (κ1) is 17.5. The smallest absolute Gasteiger partial charge is 0.494 e. The van der Waals surface area contributed by atoms with Crippen LogP contribution in [0.1, 0.15) is 38.1 Å². The summed E-state index contributed by atoms with van der Waals surface area (Å²) < 4.78 is 12.1. The van der Waals surface area contributed by atoms with Crippen molar-refractivity contribution in [1.29, 1.82) is 0 Å². The van der Waals surface area contributed by atoms with Gasteiger partial charge in [0.25, 0.3) is 0 Å². The molecule has 1 fully saturated rings. The summed E-state index contributed by atoms with van der Waals surface area (Å²) in [6.45, 7) is 7.89. The van der Waals surface area contributed by atoms with Gasteiger partial charge < -0.3 is 19.5 Å². The molecule has 2 aromatic carbocycles. The second kappa shape index (κ2) is 5.90. The van der Waals surface area contributed by atoms with Crippen molar-refractivity contribution in [2.75, 3.05) is 0 Å². The highest BCUT2D eigenvalue weighted by Gasteiger charge is 2.51.